The number of hydrogen-bond acceptors (Lipinski definition) is 2. The molecule has 0 fully saturated rings. The van der Waals surface area contributed by atoms with E-state index in [-0.39, 0.29) is 6.04 Å². The molecular formula is C8H12Cl2NSSn. The van der Waals surface area contributed by atoms with Gasteiger partial charge < -0.3 is 0 Å². The molecule has 1 rings (SSSR count). The molecular weight excluding hydrogens is 332 g/mol. The van der Waals surface area contributed by atoms with E-state index in [0.717, 1.165) is 10.9 Å². The molecule has 2 N–H and O–H groups in total. The van der Waals surface area contributed by atoms with E-state index in [1.54, 1.807) is 11.3 Å². The van der Waals surface area contributed by atoms with Crippen LogP contribution in [0.5, 0.6) is 0 Å². The van der Waals surface area contributed by atoms with E-state index >= 15 is 0 Å². The molecule has 0 bridgehead atoms. The van der Waals surface area contributed by atoms with Crippen molar-refractivity contribution in [3.05, 3.63) is 21.9 Å². The maximum atomic E-state index is 5.86. The first-order chi connectivity index (χ1) is 6.11. The predicted octanol–water partition coefficient (Wildman–Crippen LogP) is 3.28. The van der Waals surface area contributed by atoms with E-state index in [4.69, 9.17) is 23.6 Å². The Morgan fingerprint density at radius 2 is 2.31 bits per heavy atom. The number of thiophene rings is 1. The van der Waals surface area contributed by atoms with Crippen molar-refractivity contribution in [1.82, 2.24) is 0 Å². The third-order valence-electron chi connectivity index (χ3n) is 1.78. The van der Waals surface area contributed by atoms with Gasteiger partial charge in [-0.2, -0.15) is 0 Å². The summed E-state index contributed by atoms with van der Waals surface area (Å²) in [4.78, 5) is 1.28. The Bertz CT molecular complexity index is 262. The van der Waals surface area contributed by atoms with Crippen molar-refractivity contribution in [2.24, 2.45) is 5.73 Å². The van der Waals surface area contributed by atoms with Gasteiger partial charge in [0.2, 0.25) is 0 Å². The van der Waals surface area contributed by atoms with Gasteiger partial charge >= 0.3 is 98.1 Å². The second-order valence-corrected chi connectivity index (χ2v) is 14.7. The summed E-state index contributed by atoms with van der Waals surface area (Å²) in [6, 6.07) is 2.26. The molecule has 0 saturated carbocycles. The molecule has 0 spiro atoms. The summed E-state index contributed by atoms with van der Waals surface area (Å²) in [6.07, 6.45) is 1.00. The molecule has 0 aliphatic carbocycles. The second kappa shape index (κ2) is 5.81. The van der Waals surface area contributed by atoms with Crippen molar-refractivity contribution >= 4 is 46.7 Å². The zero-order valence-electron chi connectivity index (χ0n) is 7.39. The van der Waals surface area contributed by atoms with Crippen LogP contribution in [-0.4, -0.2) is 17.5 Å². The number of nitrogens with two attached hydrogens (primary N) is 1. The normalized spacial score (nSPS) is 13.6. The van der Waals surface area contributed by atoms with Gasteiger partial charge in [-0.1, -0.05) is 0 Å². The summed E-state index contributed by atoms with van der Waals surface area (Å²) in [6.45, 7) is 2.01. The number of rotatable bonds is 4. The fourth-order valence-corrected chi connectivity index (χ4v) is 4.67. The monoisotopic (exact) mass is 344 g/mol. The summed E-state index contributed by atoms with van der Waals surface area (Å²) >= 11 is -0.231. The Morgan fingerprint density at radius 3 is 2.85 bits per heavy atom. The van der Waals surface area contributed by atoms with Crippen LogP contribution in [0, 0.1) is 0 Å². The quantitative estimate of drug-likeness (QED) is 0.834. The second-order valence-electron chi connectivity index (χ2n) is 2.94. The van der Waals surface area contributed by atoms with E-state index in [0.29, 0.717) is 0 Å². The zero-order chi connectivity index (χ0) is 9.84. The summed E-state index contributed by atoms with van der Waals surface area (Å²) in [5.74, 6) is 0. The van der Waals surface area contributed by atoms with E-state index in [1.165, 1.54) is 10.4 Å². The molecule has 73 valence electrons. The summed E-state index contributed by atoms with van der Waals surface area (Å²) in [5.41, 5.74) is 7.16. The van der Waals surface area contributed by atoms with Gasteiger partial charge in [-0.3, -0.25) is 0 Å². The average Bonchev–Trinajstić information content (AvgIpc) is 2.47. The van der Waals surface area contributed by atoms with Crippen LogP contribution in [0.4, 0.5) is 0 Å². The summed E-state index contributed by atoms with van der Waals surface area (Å²) < 4.78 is 0.988. The molecule has 1 radical (unpaired) electrons. The first kappa shape index (κ1) is 12.1. The molecule has 1 nitrogen and oxygen atoms in total. The van der Waals surface area contributed by atoms with Crippen LogP contribution in [0.15, 0.2) is 11.4 Å². The number of halogens is 2. The molecule has 0 aliphatic rings. The molecule has 5 heteroatoms. The van der Waals surface area contributed by atoms with Crippen LogP contribution < -0.4 is 5.73 Å². The van der Waals surface area contributed by atoms with Gasteiger partial charge in [0, 0.05) is 0 Å². The van der Waals surface area contributed by atoms with Gasteiger partial charge in [-0.05, 0) is 0 Å². The number of hydrogen-bond donors (Lipinski definition) is 1. The first-order valence-corrected chi connectivity index (χ1v) is 14.2. The van der Waals surface area contributed by atoms with Gasteiger partial charge in [0.05, 0.1) is 0 Å². The summed E-state index contributed by atoms with van der Waals surface area (Å²) in [7, 11) is 11.7. The molecule has 0 aliphatic heterocycles. The maximum absolute atomic E-state index is 5.86. The van der Waals surface area contributed by atoms with Crippen molar-refractivity contribution in [3.63, 3.8) is 0 Å². The standard InChI is InChI=1S/C8H12NS.2ClH.Sn/c1-3-7-4-5-10-8(7)6(2)9;;;/h4-6H,1,3,9H2,2H3;2*1H;/q;;;+2/p-2. The Kier molecular flexibility index (Phi) is 5.41. The molecule has 13 heavy (non-hydrogen) atoms. The molecule has 0 amide bonds. The molecule has 0 saturated heterocycles. The van der Waals surface area contributed by atoms with Crippen molar-refractivity contribution in [2.45, 2.75) is 23.8 Å². The van der Waals surface area contributed by atoms with E-state index < -0.39 is 17.5 Å². The minimum absolute atomic E-state index is 0.132. The molecule has 1 atom stereocenters. The zero-order valence-corrected chi connectivity index (χ0v) is 12.6. The first-order valence-electron chi connectivity index (χ1n) is 4.10. The van der Waals surface area contributed by atoms with Crippen molar-refractivity contribution in [1.29, 1.82) is 0 Å². The van der Waals surface area contributed by atoms with Crippen molar-refractivity contribution in [2.75, 3.05) is 0 Å². The Labute approximate surface area is 97.4 Å². The topological polar surface area (TPSA) is 26.0 Å². The van der Waals surface area contributed by atoms with Gasteiger partial charge in [0.25, 0.3) is 0 Å². The van der Waals surface area contributed by atoms with Crippen molar-refractivity contribution < 1.29 is 0 Å². The van der Waals surface area contributed by atoms with Crippen LogP contribution in [0.1, 0.15) is 23.4 Å². The van der Waals surface area contributed by atoms with Gasteiger partial charge in [-0.25, -0.2) is 0 Å². The molecule has 0 aromatic carbocycles. The third-order valence-corrected chi connectivity index (χ3v) is 7.27. The van der Waals surface area contributed by atoms with E-state index in [1.807, 2.05) is 6.92 Å². The molecule has 1 unspecified atom stereocenters. The van der Waals surface area contributed by atoms with E-state index in [2.05, 4.69) is 11.4 Å². The SMILES string of the molecule is CC(N)c1sccc1C[CH2][Sn]([Cl])[Cl]. The van der Waals surface area contributed by atoms with Crippen molar-refractivity contribution in [3.8, 4) is 0 Å². The Balaban J connectivity index is 2.60. The van der Waals surface area contributed by atoms with Gasteiger partial charge in [0.15, 0.2) is 0 Å². The Morgan fingerprint density at radius 1 is 1.62 bits per heavy atom. The van der Waals surface area contributed by atoms with Crippen LogP contribution >= 0.6 is 29.2 Å². The fraction of sp³-hybridized carbons (Fsp3) is 0.500. The van der Waals surface area contributed by atoms with Gasteiger partial charge in [-0.15, -0.1) is 0 Å². The van der Waals surface area contributed by atoms with Gasteiger partial charge in [0.1, 0.15) is 0 Å². The third kappa shape index (κ3) is 3.96. The van der Waals surface area contributed by atoms with E-state index in [9.17, 15) is 0 Å². The average molecular weight is 344 g/mol. The van der Waals surface area contributed by atoms with Crippen LogP contribution in [0.25, 0.3) is 0 Å². The van der Waals surface area contributed by atoms with Crippen LogP contribution in [0.3, 0.4) is 0 Å². The molecule has 1 heterocycles. The number of aryl methyl sites for hydroxylation is 1. The Hall–Kier alpha value is 1.04. The molecule has 1 aromatic rings. The van der Waals surface area contributed by atoms with Crippen LogP contribution in [-0.2, 0) is 6.42 Å². The minimum atomic E-state index is -1.95. The predicted molar refractivity (Wildman–Crippen MR) is 62.9 cm³/mol. The van der Waals surface area contributed by atoms with Crippen LogP contribution in [0.2, 0.25) is 4.44 Å². The molecule has 1 aromatic heterocycles. The summed E-state index contributed by atoms with van der Waals surface area (Å²) in [5, 5.41) is 2.08. The fourth-order valence-electron chi connectivity index (χ4n) is 1.18.